The molecule has 0 atom stereocenters. The van der Waals surface area contributed by atoms with Gasteiger partial charge < -0.3 is 5.73 Å². The van der Waals surface area contributed by atoms with Crippen molar-refractivity contribution in [3.8, 4) is 5.69 Å². The van der Waals surface area contributed by atoms with Gasteiger partial charge in [0.25, 0.3) is 5.56 Å². The van der Waals surface area contributed by atoms with Gasteiger partial charge in [0.15, 0.2) is 10.8 Å². The molecule has 0 radical (unpaired) electrons. The molecular formula is C15H15N5OS. The van der Waals surface area contributed by atoms with Gasteiger partial charge in [-0.25, -0.2) is 19.3 Å². The van der Waals surface area contributed by atoms with E-state index in [9.17, 15) is 4.79 Å². The smallest absolute Gasteiger partial charge is 0.278 e. The molecule has 0 bridgehead atoms. The van der Waals surface area contributed by atoms with E-state index in [2.05, 4.69) is 16.5 Å². The van der Waals surface area contributed by atoms with Crippen LogP contribution in [0.3, 0.4) is 0 Å². The maximum atomic E-state index is 12.6. The van der Waals surface area contributed by atoms with Crippen LogP contribution < -0.4 is 11.3 Å². The molecule has 112 valence electrons. The fraction of sp³-hybridized carbons (Fsp3) is 0.133. The molecule has 2 N–H and O–H groups in total. The summed E-state index contributed by atoms with van der Waals surface area (Å²) in [6.45, 7) is 4.09. The van der Waals surface area contributed by atoms with E-state index in [1.807, 2.05) is 18.4 Å². The largest absolute Gasteiger partial charge is 0.399 e. The number of nitrogen functional groups attached to an aromatic ring is 1. The molecule has 0 saturated carbocycles. The van der Waals surface area contributed by atoms with Crippen LogP contribution in [0.15, 0.2) is 53.1 Å². The number of benzene rings is 1. The molecule has 0 aliphatic heterocycles. The van der Waals surface area contributed by atoms with Crippen LogP contribution in [0.4, 0.5) is 5.69 Å². The zero-order valence-corrected chi connectivity index (χ0v) is 12.9. The van der Waals surface area contributed by atoms with Crippen molar-refractivity contribution < 1.29 is 0 Å². The third-order valence-electron chi connectivity index (χ3n) is 3.25. The standard InChI is InChI=1S/C15H15N5OS/c1-3-7-19-14(21)12-9-17-15(22-2)18-13(12)20(19)11-6-4-5-10(16)8-11/h3-6,8-9H,1,7,16H2,2H3. The molecule has 6 nitrogen and oxygen atoms in total. The monoisotopic (exact) mass is 313 g/mol. The van der Waals surface area contributed by atoms with E-state index in [4.69, 9.17) is 5.73 Å². The lowest BCUT2D eigenvalue weighted by Crippen LogP contribution is -2.21. The average molecular weight is 313 g/mol. The van der Waals surface area contributed by atoms with Crippen LogP contribution in [-0.4, -0.2) is 25.6 Å². The first-order valence-corrected chi connectivity index (χ1v) is 7.87. The van der Waals surface area contributed by atoms with Gasteiger partial charge in [-0.15, -0.1) is 6.58 Å². The number of anilines is 1. The number of nitrogens with zero attached hydrogens (tertiary/aromatic N) is 4. The highest BCUT2D eigenvalue weighted by Crippen LogP contribution is 2.19. The number of allylic oxidation sites excluding steroid dienone is 1. The van der Waals surface area contributed by atoms with E-state index in [1.54, 1.807) is 33.8 Å². The molecule has 0 aliphatic carbocycles. The number of hydrogen-bond donors (Lipinski definition) is 1. The highest BCUT2D eigenvalue weighted by molar-refractivity contribution is 7.98. The summed E-state index contributed by atoms with van der Waals surface area (Å²) >= 11 is 1.43. The van der Waals surface area contributed by atoms with E-state index in [0.29, 0.717) is 28.4 Å². The van der Waals surface area contributed by atoms with Gasteiger partial charge in [-0.3, -0.25) is 4.79 Å². The Kier molecular flexibility index (Phi) is 3.72. The average Bonchev–Trinajstić information content (AvgIpc) is 2.80. The fourth-order valence-electron chi connectivity index (χ4n) is 2.32. The Morgan fingerprint density at radius 1 is 1.45 bits per heavy atom. The third-order valence-corrected chi connectivity index (χ3v) is 3.81. The Morgan fingerprint density at radius 3 is 2.95 bits per heavy atom. The van der Waals surface area contributed by atoms with Gasteiger partial charge in [0.1, 0.15) is 5.39 Å². The molecule has 0 spiro atoms. The SMILES string of the molecule is C=CCn1c(=O)c2cnc(SC)nc2n1-c1cccc(N)c1. The molecule has 1 aromatic carbocycles. The van der Waals surface area contributed by atoms with Crippen molar-refractivity contribution in [2.45, 2.75) is 11.7 Å². The molecule has 0 amide bonds. The number of fused-ring (bicyclic) bond motifs is 1. The Morgan fingerprint density at radius 2 is 2.27 bits per heavy atom. The highest BCUT2D eigenvalue weighted by Gasteiger charge is 2.16. The summed E-state index contributed by atoms with van der Waals surface area (Å²) in [6, 6.07) is 7.33. The molecule has 22 heavy (non-hydrogen) atoms. The molecule has 0 saturated heterocycles. The molecule has 0 aliphatic rings. The second-order valence-corrected chi connectivity index (χ2v) is 5.45. The van der Waals surface area contributed by atoms with Crippen LogP contribution in [0.2, 0.25) is 0 Å². The van der Waals surface area contributed by atoms with Gasteiger partial charge >= 0.3 is 0 Å². The van der Waals surface area contributed by atoms with E-state index >= 15 is 0 Å². The normalized spacial score (nSPS) is 11.0. The summed E-state index contributed by atoms with van der Waals surface area (Å²) in [4.78, 5) is 21.2. The lowest BCUT2D eigenvalue weighted by atomic mass is 10.3. The maximum absolute atomic E-state index is 12.6. The highest BCUT2D eigenvalue weighted by atomic mass is 32.2. The van der Waals surface area contributed by atoms with Gasteiger partial charge in [0, 0.05) is 11.9 Å². The first-order chi connectivity index (χ1) is 10.7. The van der Waals surface area contributed by atoms with Gasteiger partial charge in [0.05, 0.1) is 12.2 Å². The summed E-state index contributed by atoms with van der Waals surface area (Å²) in [7, 11) is 0. The van der Waals surface area contributed by atoms with Gasteiger partial charge in [-0.1, -0.05) is 23.9 Å². The van der Waals surface area contributed by atoms with Crippen molar-refractivity contribution in [1.82, 2.24) is 19.3 Å². The van der Waals surface area contributed by atoms with Crippen LogP contribution >= 0.6 is 11.8 Å². The van der Waals surface area contributed by atoms with Crippen LogP contribution in [0.5, 0.6) is 0 Å². The minimum absolute atomic E-state index is 0.148. The van der Waals surface area contributed by atoms with Crippen molar-refractivity contribution in [3.63, 3.8) is 0 Å². The summed E-state index contributed by atoms with van der Waals surface area (Å²) in [6.07, 6.45) is 5.13. The van der Waals surface area contributed by atoms with Gasteiger partial charge in [-0.05, 0) is 24.5 Å². The summed E-state index contributed by atoms with van der Waals surface area (Å²) in [5, 5.41) is 1.09. The van der Waals surface area contributed by atoms with Gasteiger partial charge in [0.2, 0.25) is 0 Å². The quantitative estimate of drug-likeness (QED) is 0.345. The van der Waals surface area contributed by atoms with E-state index in [0.717, 1.165) is 5.69 Å². The lowest BCUT2D eigenvalue weighted by molar-refractivity contribution is 0.605. The second kappa shape index (κ2) is 5.69. The lowest BCUT2D eigenvalue weighted by Gasteiger charge is -2.11. The topological polar surface area (TPSA) is 78.7 Å². The van der Waals surface area contributed by atoms with Crippen molar-refractivity contribution in [3.05, 3.63) is 53.5 Å². The zero-order valence-electron chi connectivity index (χ0n) is 12.1. The summed E-state index contributed by atoms with van der Waals surface area (Å²) in [5.41, 5.74) is 7.69. The summed E-state index contributed by atoms with van der Waals surface area (Å²) < 4.78 is 3.34. The first-order valence-electron chi connectivity index (χ1n) is 6.65. The molecule has 3 aromatic rings. The maximum Gasteiger partial charge on any atom is 0.278 e. The van der Waals surface area contributed by atoms with Crippen molar-refractivity contribution in [1.29, 1.82) is 0 Å². The van der Waals surface area contributed by atoms with Crippen molar-refractivity contribution in [2.24, 2.45) is 0 Å². The zero-order chi connectivity index (χ0) is 15.7. The molecule has 2 heterocycles. The fourth-order valence-corrected chi connectivity index (χ4v) is 2.65. The van der Waals surface area contributed by atoms with E-state index in [1.165, 1.54) is 11.8 Å². The Labute approximate surface area is 131 Å². The van der Waals surface area contributed by atoms with E-state index < -0.39 is 0 Å². The molecule has 7 heteroatoms. The number of thioether (sulfide) groups is 1. The minimum atomic E-state index is -0.148. The molecule has 0 unspecified atom stereocenters. The minimum Gasteiger partial charge on any atom is -0.399 e. The number of rotatable bonds is 4. The molecule has 2 aromatic heterocycles. The number of nitrogens with two attached hydrogens (primary N) is 1. The Balaban J connectivity index is 2.41. The van der Waals surface area contributed by atoms with Crippen molar-refractivity contribution in [2.75, 3.05) is 12.0 Å². The molecular weight excluding hydrogens is 298 g/mol. The molecule has 0 fully saturated rings. The van der Waals surface area contributed by atoms with E-state index in [-0.39, 0.29) is 5.56 Å². The van der Waals surface area contributed by atoms with Crippen LogP contribution in [-0.2, 0) is 6.54 Å². The Bertz CT molecular complexity index is 912. The van der Waals surface area contributed by atoms with Crippen molar-refractivity contribution >= 4 is 28.5 Å². The van der Waals surface area contributed by atoms with Gasteiger partial charge in [-0.2, -0.15) is 0 Å². The first kappa shape index (κ1) is 14.4. The summed E-state index contributed by atoms with van der Waals surface area (Å²) in [5.74, 6) is 0. The van der Waals surface area contributed by atoms with Crippen LogP contribution in [0, 0.1) is 0 Å². The number of hydrogen-bond acceptors (Lipinski definition) is 5. The van der Waals surface area contributed by atoms with Crippen LogP contribution in [0.1, 0.15) is 0 Å². The third kappa shape index (κ3) is 2.29. The predicted octanol–water partition coefficient (Wildman–Crippen LogP) is 2.07. The molecule has 3 rings (SSSR count). The van der Waals surface area contributed by atoms with Crippen LogP contribution in [0.25, 0.3) is 16.7 Å². The Hall–Kier alpha value is -2.54. The second-order valence-electron chi connectivity index (χ2n) is 4.68. The predicted molar refractivity (Wildman–Crippen MR) is 89.5 cm³/mol. The number of aromatic nitrogens is 4.